The van der Waals surface area contributed by atoms with Crippen molar-refractivity contribution in [1.29, 1.82) is 0 Å². The topological polar surface area (TPSA) is 67.3 Å². The van der Waals surface area contributed by atoms with Gasteiger partial charge in [0.2, 0.25) is 0 Å². The van der Waals surface area contributed by atoms with Crippen LogP contribution >= 0.6 is 0 Å². The number of aromatic nitrogens is 2. The third-order valence-corrected chi connectivity index (χ3v) is 5.34. The molecule has 1 aromatic heterocycles. The monoisotopic (exact) mass is 302 g/mol. The van der Waals surface area contributed by atoms with Gasteiger partial charge < -0.3 is 15.0 Å². The molecule has 1 saturated heterocycles. The van der Waals surface area contributed by atoms with E-state index in [9.17, 15) is 4.79 Å². The van der Waals surface area contributed by atoms with Crippen molar-refractivity contribution in [2.75, 3.05) is 30.4 Å². The van der Waals surface area contributed by atoms with Gasteiger partial charge in [-0.1, -0.05) is 0 Å². The molecule has 3 fully saturated rings. The van der Waals surface area contributed by atoms with Crippen molar-refractivity contribution in [2.45, 2.75) is 38.1 Å². The molecule has 1 atom stereocenters. The van der Waals surface area contributed by atoms with Crippen molar-refractivity contribution >= 4 is 17.6 Å². The zero-order valence-corrected chi connectivity index (χ0v) is 12.9. The van der Waals surface area contributed by atoms with Gasteiger partial charge >= 0.3 is 5.97 Å². The van der Waals surface area contributed by atoms with E-state index in [4.69, 9.17) is 4.74 Å². The minimum absolute atomic E-state index is 0.0357. The highest BCUT2D eigenvalue weighted by atomic mass is 16.5. The molecule has 6 nitrogen and oxygen atoms in total. The maximum atomic E-state index is 11.7. The SMILES string of the molecule is COC(=O)C1CC12CCN(c1cc(NC3CC3)ncn1)CC2. The quantitative estimate of drug-likeness (QED) is 0.856. The van der Waals surface area contributed by atoms with Gasteiger partial charge in [0.05, 0.1) is 13.0 Å². The number of ether oxygens (including phenoxy) is 1. The lowest BCUT2D eigenvalue weighted by Gasteiger charge is -2.33. The second-order valence-electron chi connectivity index (χ2n) is 6.81. The molecule has 2 saturated carbocycles. The van der Waals surface area contributed by atoms with E-state index < -0.39 is 0 Å². The summed E-state index contributed by atoms with van der Waals surface area (Å²) in [5.74, 6) is 2.00. The minimum Gasteiger partial charge on any atom is -0.469 e. The number of esters is 1. The summed E-state index contributed by atoms with van der Waals surface area (Å²) in [6.45, 7) is 1.90. The third-order valence-electron chi connectivity index (χ3n) is 5.34. The molecular weight excluding hydrogens is 280 g/mol. The predicted molar refractivity (Wildman–Crippen MR) is 82.7 cm³/mol. The smallest absolute Gasteiger partial charge is 0.309 e. The van der Waals surface area contributed by atoms with E-state index in [-0.39, 0.29) is 17.3 Å². The molecule has 1 unspecified atom stereocenters. The number of methoxy groups -OCH3 is 1. The van der Waals surface area contributed by atoms with Gasteiger partial charge in [-0.05, 0) is 37.5 Å². The van der Waals surface area contributed by atoms with Crippen LogP contribution in [0.3, 0.4) is 0 Å². The minimum atomic E-state index is -0.0357. The van der Waals surface area contributed by atoms with Crippen LogP contribution in [0.4, 0.5) is 11.6 Å². The first kappa shape index (κ1) is 13.8. The van der Waals surface area contributed by atoms with E-state index in [1.165, 1.54) is 20.0 Å². The average molecular weight is 302 g/mol. The Morgan fingerprint density at radius 3 is 2.82 bits per heavy atom. The van der Waals surface area contributed by atoms with E-state index >= 15 is 0 Å². The van der Waals surface area contributed by atoms with Crippen molar-refractivity contribution in [3.63, 3.8) is 0 Å². The lowest BCUT2D eigenvalue weighted by molar-refractivity contribution is -0.143. The van der Waals surface area contributed by atoms with Crippen molar-refractivity contribution in [3.05, 3.63) is 12.4 Å². The maximum Gasteiger partial charge on any atom is 0.309 e. The number of hydrogen-bond acceptors (Lipinski definition) is 6. The molecule has 22 heavy (non-hydrogen) atoms. The number of nitrogens with zero attached hydrogens (tertiary/aromatic N) is 3. The van der Waals surface area contributed by atoms with Gasteiger partial charge in [0.25, 0.3) is 0 Å². The molecule has 0 bridgehead atoms. The number of nitrogens with one attached hydrogen (secondary N) is 1. The van der Waals surface area contributed by atoms with Gasteiger partial charge in [0, 0.05) is 25.2 Å². The van der Waals surface area contributed by atoms with Crippen molar-refractivity contribution in [2.24, 2.45) is 11.3 Å². The fourth-order valence-electron chi connectivity index (χ4n) is 3.59. The van der Waals surface area contributed by atoms with E-state index in [1.807, 2.05) is 6.07 Å². The fourth-order valence-corrected chi connectivity index (χ4v) is 3.59. The summed E-state index contributed by atoms with van der Waals surface area (Å²) in [5.41, 5.74) is 0.200. The van der Waals surface area contributed by atoms with Crippen LogP contribution in [0.15, 0.2) is 12.4 Å². The molecule has 118 valence electrons. The highest BCUT2D eigenvalue weighted by molar-refractivity contribution is 5.77. The van der Waals surface area contributed by atoms with E-state index in [2.05, 4.69) is 20.2 Å². The molecule has 0 amide bonds. The summed E-state index contributed by atoms with van der Waals surface area (Å²) >= 11 is 0. The van der Waals surface area contributed by atoms with Crippen LogP contribution in [0.2, 0.25) is 0 Å². The molecule has 0 aromatic carbocycles. The Hall–Kier alpha value is -1.85. The van der Waals surface area contributed by atoms with Crippen LogP contribution in [-0.4, -0.2) is 42.2 Å². The Kier molecular flexibility index (Phi) is 3.20. The summed E-state index contributed by atoms with van der Waals surface area (Å²) < 4.78 is 4.89. The van der Waals surface area contributed by atoms with Crippen LogP contribution in [0.5, 0.6) is 0 Å². The first-order valence-corrected chi connectivity index (χ1v) is 8.11. The van der Waals surface area contributed by atoms with Gasteiger partial charge in [-0.25, -0.2) is 9.97 Å². The molecule has 1 aromatic rings. The van der Waals surface area contributed by atoms with Crippen LogP contribution < -0.4 is 10.2 Å². The summed E-state index contributed by atoms with van der Waals surface area (Å²) in [6.07, 6.45) is 7.19. The van der Waals surface area contributed by atoms with Gasteiger partial charge in [-0.3, -0.25) is 4.79 Å². The van der Waals surface area contributed by atoms with E-state index in [0.717, 1.165) is 44.0 Å². The Morgan fingerprint density at radius 2 is 2.14 bits per heavy atom. The molecule has 1 N–H and O–H groups in total. The molecule has 2 heterocycles. The molecule has 6 heteroatoms. The highest BCUT2D eigenvalue weighted by Crippen LogP contribution is 2.59. The van der Waals surface area contributed by atoms with Crippen LogP contribution in [0.1, 0.15) is 32.1 Å². The van der Waals surface area contributed by atoms with E-state index in [1.54, 1.807) is 6.33 Å². The molecule has 2 aliphatic carbocycles. The zero-order valence-electron chi connectivity index (χ0n) is 12.9. The highest BCUT2D eigenvalue weighted by Gasteiger charge is 2.59. The third kappa shape index (κ3) is 2.51. The number of anilines is 2. The molecule has 4 rings (SSSR count). The molecule has 1 aliphatic heterocycles. The molecular formula is C16H22N4O2. The lowest BCUT2D eigenvalue weighted by Crippen LogP contribution is -2.36. The van der Waals surface area contributed by atoms with Crippen LogP contribution in [-0.2, 0) is 9.53 Å². The van der Waals surface area contributed by atoms with E-state index in [0.29, 0.717) is 6.04 Å². The largest absolute Gasteiger partial charge is 0.469 e. The summed E-state index contributed by atoms with van der Waals surface area (Å²) in [6, 6.07) is 2.64. The normalized spacial score (nSPS) is 25.9. The lowest BCUT2D eigenvalue weighted by atomic mass is 9.91. The Morgan fingerprint density at radius 1 is 1.36 bits per heavy atom. The van der Waals surface area contributed by atoms with Crippen molar-refractivity contribution in [3.8, 4) is 0 Å². The Balaban J connectivity index is 1.38. The Labute approximate surface area is 130 Å². The van der Waals surface area contributed by atoms with Crippen molar-refractivity contribution in [1.82, 2.24) is 9.97 Å². The summed E-state index contributed by atoms with van der Waals surface area (Å²) in [4.78, 5) is 22.7. The number of carbonyl (C=O) groups is 1. The Bertz CT molecular complexity index is 579. The number of hydrogen-bond donors (Lipinski definition) is 1. The summed E-state index contributed by atoms with van der Waals surface area (Å²) in [5, 5.41) is 3.41. The maximum absolute atomic E-state index is 11.7. The molecule has 0 radical (unpaired) electrons. The molecule has 3 aliphatic rings. The molecule has 1 spiro atoms. The second-order valence-corrected chi connectivity index (χ2v) is 6.81. The average Bonchev–Trinajstić information content (AvgIpc) is 3.46. The predicted octanol–water partition coefficient (Wildman–Crippen LogP) is 1.83. The van der Waals surface area contributed by atoms with Gasteiger partial charge in [0.15, 0.2) is 0 Å². The second kappa shape index (κ2) is 5.11. The van der Waals surface area contributed by atoms with Crippen LogP contribution in [0.25, 0.3) is 0 Å². The number of piperidine rings is 1. The first-order chi connectivity index (χ1) is 10.7. The van der Waals surface area contributed by atoms with Gasteiger partial charge in [0.1, 0.15) is 18.0 Å². The van der Waals surface area contributed by atoms with Gasteiger partial charge in [-0.15, -0.1) is 0 Å². The first-order valence-electron chi connectivity index (χ1n) is 8.11. The van der Waals surface area contributed by atoms with Crippen molar-refractivity contribution < 1.29 is 9.53 Å². The standard InChI is InChI=1S/C16H22N4O2/c1-22-15(21)12-9-16(12)4-6-20(7-5-16)14-8-13(17-10-18-14)19-11-2-3-11/h8,10-12H,2-7,9H2,1H3,(H,17,18,19). The van der Waals surface area contributed by atoms with Gasteiger partial charge in [-0.2, -0.15) is 0 Å². The fraction of sp³-hybridized carbons (Fsp3) is 0.688. The number of carbonyl (C=O) groups excluding carboxylic acids is 1. The zero-order chi connectivity index (χ0) is 15.2. The van der Waals surface area contributed by atoms with Crippen LogP contribution in [0, 0.1) is 11.3 Å². The number of rotatable bonds is 4. The summed E-state index contributed by atoms with van der Waals surface area (Å²) in [7, 11) is 1.48.